The molecule has 0 N–H and O–H groups in total. The lowest BCUT2D eigenvalue weighted by Crippen LogP contribution is -2.03. The van der Waals surface area contributed by atoms with Gasteiger partial charge in [-0.2, -0.15) is 0 Å². The van der Waals surface area contributed by atoms with E-state index in [0.29, 0.717) is 25.2 Å². The molecule has 3 nitrogen and oxygen atoms in total. The first-order valence-electron chi connectivity index (χ1n) is 6.88. The van der Waals surface area contributed by atoms with Crippen molar-refractivity contribution in [3.8, 4) is 0 Å². The molecule has 0 aliphatic carbocycles. The third-order valence-corrected chi connectivity index (χ3v) is 2.70. The van der Waals surface area contributed by atoms with E-state index in [9.17, 15) is 9.59 Å². The molecule has 100 valence electrons. The number of esters is 1. The summed E-state index contributed by atoms with van der Waals surface area (Å²) in [5.41, 5.74) is 0. The van der Waals surface area contributed by atoms with E-state index in [1.54, 1.807) is 0 Å². The second-order valence-electron chi connectivity index (χ2n) is 4.36. The molecule has 0 bridgehead atoms. The van der Waals surface area contributed by atoms with Gasteiger partial charge in [0.2, 0.25) is 0 Å². The molecule has 0 spiro atoms. The van der Waals surface area contributed by atoms with Crippen LogP contribution in [0.5, 0.6) is 0 Å². The van der Waals surface area contributed by atoms with Gasteiger partial charge in [-0.05, 0) is 26.2 Å². The average Bonchev–Trinajstić information content (AvgIpc) is 2.31. The van der Waals surface area contributed by atoms with Crippen LogP contribution in [0.15, 0.2) is 0 Å². The largest absolute Gasteiger partial charge is 0.466 e. The zero-order valence-corrected chi connectivity index (χ0v) is 11.3. The number of ether oxygens (including phenoxy) is 1. The summed E-state index contributed by atoms with van der Waals surface area (Å²) in [7, 11) is 0. The normalized spacial score (nSPS) is 10.2. The Hall–Kier alpha value is -0.860. The smallest absolute Gasteiger partial charge is 0.305 e. The van der Waals surface area contributed by atoms with Gasteiger partial charge in [0.15, 0.2) is 0 Å². The Kier molecular flexibility index (Phi) is 11.0. The predicted octanol–water partition coefficient (Wildman–Crippen LogP) is 3.65. The second kappa shape index (κ2) is 11.6. The first-order valence-corrected chi connectivity index (χ1v) is 6.88. The van der Waals surface area contributed by atoms with Crippen LogP contribution in [0.1, 0.15) is 71.6 Å². The fraction of sp³-hybridized carbons (Fsp3) is 0.857. The summed E-state index contributed by atoms with van der Waals surface area (Å²) in [6.07, 6.45) is 7.95. The summed E-state index contributed by atoms with van der Waals surface area (Å²) < 4.78 is 4.84. The van der Waals surface area contributed by atoms with Crippen LogP contribution < -0.4 is 0 Å². The van der Waals surface area contributed by atoms with Gasteiger partial charge in [-0.1, -0.05) is 26.2 Å². The lowest BCUT2D eigenvalue weighted by atomic mass is 10.1. The maximum Gasteiger partial charge on any atom is 0.305 e. The van der Waals surface area contributed by atoms with Gasteiger partial charge in [-0.3, -0.25) is 9.59 Å². The lowest BCUT2D eigenvalue weighted by Gasteiger charge is -2.02. The van der Waals surface area contributed by atoms with Crippen LogP contribution in [0, 0.1) is 0 Å². The van der Waals surface area contributed by atoms with Gasteiger partial charge in [0.1, 0.15) is 5.78 Å². The highest BCUT2D eigenvalue weighted by Crippen LogP contribution is 2.08. The van der Waals surface area contributed by atoms with Gasteiger partial charge >= 0.3 is 5.97 Å². The number of carbonyl (C=O) groups excluding carboxylic acids is 2. The molecule has 0 aromatic heterocycles. The van der Waals surface area contributed by atoms with Gasteiger partial charge in [0, 0.05) is 19.3 Å². The van der Waals surface area contributed by atoms with E-state index in [1.165, 1.54) is 0 Å². The molecule has 0 fully saturated rings. The van der Waals surface area contributed by atoms with E-state index in [0.717, 1.165) is 44.9 Å². The Bertz CT molecular complexity index is 212. The average molecular weight is 242 g/mol. The van der Waals surface area contributed by atoms with E-state index in [2.05, 4.69) is 6.92 Å². The van der Waals surface area contributed by atoms with E-state index in [1.807, 2.05) is 6.92 Å². The Morgan fingerprint density at radius 3 is 2.00 bits per heavy atom. The summed E-state index contributed by atoms with van der Waals surface area (Å²) in [6, 6.07) is 0. The number of carbonyl (C=O) groups is 2. The van der Waals surface area contributed by atoms with Crippen LogP contribution in [-0.2, 0) is 14.3 Å². The van der Waals surface area contributed by atoms with Gasteiger partial charge in [-0.15, -0.1) is 0 Å². The Morgan fingerprint density at radius 1 is 0.824 bits per heavy atom. The molecule has 0 amide bonds. The minimum atomic E-state index is -0.105. The molecule has 0 aromatic carbocycles. The minimum absolute atomic E-state index is 0.105. The van der Waals surface area contributed by atoms with E-state index in [4.69, 9.17) is 4.74 Å². The fourth-order valence-corrected chi connectivity index (χ4v) is 1.68. The number of Topliss-reactive ketones (excluding diaryl/α,β-unsaturated/α-hetero) is 1. The van der Waals surface area contributed by atoms with Crippen molar-refractivity contribution in [1.82, 2.24) is 0 Å². The molecule has 0 saturated carbocycles. The van der Waals surface area contributed by atoms with Crippen molar-refractivity contribution in [2.75, 3.05) is 6.61 Å². The molecule has 0 aliphatic heterocycles. The van der Waals surface area contributed by atoms with E-state index < -0.39 is 0 Å². The van der Waals surface area contributed by atoms with Crippen molar-refractivity contribution in [3.05, 3.63) is 0 Å². The van der Waals surface area contributed by atoms with Crippen LogP contribution in [0.2, 0.25) is 0 Å². The molecule has 0 aliphatic rings. The highest BCUT2D eigenvalue weighted by atomic mass is 16.5. The van der Waals surface area contributed by atoms with Gasteiger partial charge < -0.3 is 4.74 Å². The summed E-state index contributed by atoms with van der Waals surface area (Å²) in [5.74, 6) is 0.281. The van der Waals surface area contributed by atoms with Crippen LogP contribution in [0.25, 0.3) is 0 Å². The monoisotopic (exact) mass is 242 g/mol. The van der Waals surface area contributed by atoms with Crippen LogP contribution in [0.4, 0.5) is 0 Å². The molecule has 17 heavy (non-hydrogen) atoms. The predicted molar refractivity (Wildman–Crippen MR) is 68.9 cm³/mol. The first-order chi connectivity index (χ1) is 8.20. The highest BCUT2D eigenvalue weighted by molar-refractivity contribution is 5.78. The van der Waals surface area contributed by atoms with E-state index in [-0.39, 0.29) is 5.97 Å². The van der Waals surface area contributed by atoms with Gasteiger partial charge in [0.05, 0.1) is 6.61 Å². The summed E-state index contributed by atoms with van der Waals surface area (Å²) in [6.45, 7) is 4.38. The molecule has 0 atom stereocenters. The zero-order valence-electron chi connectivity index (χ0n) is 11.3. The van der Waals surface area contributed by atoms with Crippen molar-refractivity contribution in [2.24, 2.45) is 0 Å². The maximum absolute atomic E-state index is 11.4. The maximum atomic E-state index is 11.4. The topological polar surface area (TPSA) is 43.4 Å². The molecular weight excluding hydrogens is 216 g/mol. The fourth-order valence-electron chi connectivity index (χ4n) is 1.68. The molecule has 3 heteroatoms. The highest BCUT2D eigenvalue weighted by Gasteiger charge is 2.02. The van der Waals surface area contributed by atoms with Crippen LogP contribution >= 0.6 is 0 Å². The summed E-state index contributed by atoms with van der Waals surface area (Å²) in [4.78, 5) is 22.4. The number of unbranched alkanes of at least 4 members (excludes halogenated alkanes) is 4. The van der Waals surface area contributed by atoms with Crippen molar-refractivity contribution in [2.45, 2.75) is 71.6 Å². The van der Waals surface area contributed by atoms with Gasteiger partial charge in [0.25, 0.3) is 0 Å². The van der Waals surface area contributed by atoms with Crippen molar-refractivity contribution in [1.29, 1.82) is 0 Å². The van der Waals surface area contributed by atoms with E-state index >= 15 is 0 Å². The molecule has 0 heterocycles. The third-order valence-electron chi connectivity index (χ3n) is 2.70. The minimum Gasteiger partial charge on any atom is -0.466 e. The number of hydrogen-bond acceptors (Lipinski definition) is 3. The molecular formula is C14H26O3. The molecule has 0 rings (SSSR count). The number of hydrogen-bond donors (Lipinski definition) is 0. The number of rotatable bonds is 11. The Balaban J connectivity index is 3.23. The first kappa shape index (κ1) is 16.1. The van der Waals surface area contributed by atoms with Crippen molar-refractivity contribution in [3.63, 3.8) is 0 Å². The third kappa shape index (κ3) is 11.4. The van der Waals surface area contributed by atoms with Gasteiger partial charge in [-0.25, -0.2) is 0 Å². The quantitative estimate of drug-likeness (QED) is 0.410. The van der Waals surface area contributed by atoms with Crippen molar-refractivity contribution < 1.29 is 14.3 Å². The summed E-state index contributed by atoms with van der Waals surface area (Å²) >= 11 is 0. The Labute approximate surface area is 105 Å². The number of ketones is 1. The second-order valence-corrected chi connectivity index (χ2v) is 4.36. The SMILES string of the molecule is CCCCC(=O)CCCCCCC(=O)OCC. The molecule has 0 aromatic rings. The molecule has 0 unspecified atom stereocenters. The lowest BCUT2D eigenvalue weighted by molar-refractivity contribution is -0.143. The van der Waals surface area contributed by atoms with Crippen LogP contribution in [0.3, 0.4) is 0 Å². The Morgan fingerprint density at radius 2 is 1.41 bits per heavy atom. The van der Waals surface area contributed by atoms with Crippen molar-refractivity contribution >= 4 is 11.8 Å². The molecule has 0 radical (unpaired) electrons. The summed E-state index contributed by atoms with van der Waals surface area (Å²) in [5, 5.41) is 0. The van der Waals surface area contributed by atoms with Crippen LogP contribution in [-0.4, -0.2) is 18.4 Å². The zero-order chi connectivity index (χ0) is 12.9. The molecule has 0 saturated heterocycles. The standard InChI is InChI=1S/C14H26O3/c1-3-5-10-13(15)11-8-6-7-9-12-14(16)17-4-2/h3-12H2,1-2H3.